The summed E-state index contributed by atoms with van der Waals surface area (Å²) in [5, 5.41) is 8.92. The second-order valence-corrected chi connectivity index (χ2v) is 4.78. The Morgan fingerprint density at radius 3 is 2.10 bits per heavy atom. The van der Waals surface area contributed by atoms with Gasteiger partial charge in [0, 0.05) is 19.7 Å². The summed E-state index contributed by atoms with van der Waals surface area (Å²) in [6.45, 7) is 0. The number of carbonyl (C=O) groups excluding carboxylic acids is 1. The molecule has 0 atom stereocenters. The van der Waals surface area contributed by atoms with Gasteiger partial charge in [-0.1, -0.05) is 18.2 Å². The predicted octanol–water partition coefficient (Wildman–Crippen LogP) is 2.89. The summed E-state index contributed by atoms with van der Waals surface area (Å²) >= 11 is 0. The van der Waals surface area contributed by atoms with Crippen LogP contribution in [0.4, 0.5) is 4.39 Å². The molecule has 0 radical (unpaired) electrons. The smallest absolute Gasteiger partial charge is 0.338 e. The van der Waals surface area contributed by atoms with Crippen LogP contribution in [-0.2, 0) is 0 Å². The topological polar surface area (TPSA) is 57.6 Å². The Labute approximate surface area is 121 Å². The van der Waals surface area contributed by atoms with Crippen LogP contribution in [0.3, 0.4) is 0 Å². The van der Waals surface area contributed by atoms with Crippen LogP contribution >= 0.6 is 0 Å². The van der Waals surface area contributed by atoms with Crippen molar-refractivity contribution < 1.29 is 19.1 Å². The fourth-order valence-electron chi connectivity index (χ4n) is 1.93. The van der Waals surface area contributed by atoms with Gasteiger partial charge in [-0.05, 0) is 35.4 Å². The number of carboxylic acids is 1. The van der Waals surface area contributed by atoms with Crippen LogP contribution in [0, 0.1) is 5.82 Å². The Morgan fingerprint density at radius 2 is 1.57 bits per heavy atom. The third kappa shape index (κ3) is 3.08. The molecule has 0 spiro atoms. The average molecular weight is 287 g/mol. The third-order valence-corrected chi connectivity index (χ3v) is 3.07. The SMILES string of the molecule is CN(C)C(=O)c1ccc(-c2ccc(F)c(C(=O)O)c2)cc1. The molecule has 5 heteroatoms. The highest BCUT2D eigenvalue weighted by molar-refractivity contribution is 5.94. The van der Waals surface area contributed by atoms with Gasteiger partial charge < -0.3 is 10.0 Å². The molecule has 2 aromatic carbocycles. The van der Waals surface area contributed by atoms with Gasteiger partial charge in [-0.25, -0.2) is 9.18 Å². The molecule has 21 heavy (non-hydrogen) atoms. The fraction of sp³-hybridized carbons (Fsp3) is 0.125. The monoisotopic (exact) mass is 287 g/mol. The molecule has 0 aliphatic heterocycles. The molecule has 108 valence electrons. The van der Waals surface area contributed by atoms with Crippen LogP contribution in [0.5, 0.6) is 0 Å². The molecular weight excluding hydrogens is 273 g/mol. The van der Waals surface area contributed by atoms with Crippen molar-refractivity contribution in [2.24, 2.45) is 0 Å². The van der Waals surface area contributed by atoms with Gasteiger partial charge in [0.15, 0.2) is 0 Å². The molecule has 0 aliphatic carbocycles. The van der Waals surface area contributed by atoms with Crippen LogP contribution in [0.15, 0.2) is 42.5 Å². The summed E-state index contributed by atoms with van der Waals surface area (Å²) in [5.41, 5.74) is 1.45. The first kappa shape index (κ1) is 14.7. The minimum atomic E-state index is -1.31. The standard InChI is InChI=1S/C16H14FNO3/c1-18(2)15(19)11-5-3-10(4-6-11)12-7-8-14(17)13(9-12)16(20)21/h3-9H,1-2H3,(H,20,21). The Morgan fingerprint density at radius 1 is 1.00 bits per heavy atom. The lowest BCUT2D eigenvalue weighted by molar-refractivity contribution is 0.0691. The van der Waals surface area contributed by atoms with Crippen molar-refractivity contribution in [2.45, 2.75) is 0 Å². The lowest BCUT2D eigenvalue weighted by Crippen LogP contribution is -2.21. The van der Waals surface area contributed by atoms with E-state index in [9.17, 15) is 14.0 Å². The Balaban J connectivity index is 2.37. The highest BCUT2D eigenvalue weighted by Gasteiger charge is 2.12. The second-order valence-electron chi connectivity index (χ2n) is 4.78. The maximum Gasteiger partial charge on any atom is 0.338 e. The molecule has 0 aromatic heterocycles. The number of nitrogens with zero attached hydrogens (tertiary/aromatic N) is 1. The van der Waals surface area contributed by atoms with Crippen molar-refractivity contribution in [1.82, 2.24) is 4.90 Å². The number of hydrogen-bond donors (Lipinski definition) is 1. The van der Waals surface area contributed by atoms with Gasteiger partial charge in [0.25, 0.3) is 5.91 Å². The Hall–Kier alpha value is -2.69. The first-order valence-corrected chi connectivity index (χ1v) is 6.25. The van der Waals surface area contributed by atoms with E-state index in [0.29, 0.717) is 16.7 Å². The number of amides is 1. The highest BCUT2D eigenvalue weighted by atomic mass is 19.1. The summed E-state index contributed by atoms with van der Waals surface area (Å²) < 4.78 is 13.4. The summed E-state index contributed by atoms with van der Waals surface area (Å²) in [5.74, 6) is -2.20. The van der Waals surface area contributed by atoms with Crippen molar-refractivity contribution in [3.63, 3.8) is 0 Å². The van der Waals surface area contributed by atoms with E-state index in [1.165, 1.54) is 17.0 Å². The van der Waals surface area contributed by atoms with Crippen LogP contribution in [-0.4, -0.2) is 36.0 Å². The van der Waals surface area contributed by atoms with Crippen molar-refractivity contribution in [3.8, 4) is 11.1 Å². The number of aromatic carboxylic acids is 1. The number of rotatable bonds is 3. The zero-order chi connectivity index (χ0) is 15.6. The van der Waals surface area contributed by atoms with Gasteiger partial charge in [-0.3, -0.25) is 4.79 Å². The lowest BCUT2D eigenvalue weighted by atomic mass is 10.0. The molecule has 2 rings (SSSR count). The molecule has 0 bridgehead atoms. The summed E-state index contributed by atoms with van der Waals surface area (Å²) in [4.78, 5) is 24.2. The van der Waals surface area contributed by atoms with E-state index in [1.807, 2.05) is 0 Å². The largest absolute Gasteiger partial charge is 0.478 e. The minimum absolute atomic E-state index is 0.119. The molecule has 0 heterocycles. The van der Waals surface area contributed by atoms with E-state index in [-0.39, 0.29) is 11.5 Å². The normalized spacial score (nSPS) is 10.2. The van der Waals surface area contributed by atoms with Crippen LogP contribution in [0.25, 0.3) is 11.1 Å². The van der Waals surface area contributed by atoms with Gasteiger partial charge in [-0.15, -0.1) is 0 Å². The quantitative estimate of drug-likeness (QED) is 0.944. The first-order chi connectivity index (χ1) is 9.90. The predicted molar refractivity (Wildman–Crippen MR) is 76.8 cm³/mol. The lowest BCUT2D eigenvalue weighted by Gasteiger charge is -2.11. The minimum Gasteiger partial charge on any atom is -0.478 e. The van der Waals surface area contributed by atoms with E-state index < -0.39 is 11.8 Å². The zero-order valence-corrected chi connectivity index (χ0v) is 11.6. The van der Waals surface area contributed by atoms with E-state index in [0.717, 1.165) is 6.07 Å². The van der Waals surface area contributed by atoms with Gasteiger partial charge >= 0.3 is 5.97 Å². The first-order valence-electron chi connectivity index (χ1n) is 6.25. The van der Waals surface area contributed by atoms with Crippen molar-refractivity contribution in [3.05, 3.63) is 59.4 Å². The van der Waals surface area contributed by atoms with Gasteiger partial charge in [0.05, 0.1) is 5.56 Å². The van der Waals surface area contributed by atoms with E-state index >= 15 is 0 Å². The molecule has 0 fully saturated rings. The van der Waals surface area contributed by atoms with Crippen molar-refractivity contribution in [2.75, 3.05) is 14.1 Å². The van der Waals surface area contributed by atoms with Crippen LogP contribution in [0.1, 0.15) is 20.7 Å². The van der Waals surface area contributed by atoms with Gasteiger partial charge in [-0.2, -0.15) is 0 Å². The van der Waals surface area contributed by atoms with Crippen molar-refractivity contribution >= 4 is 11.9 Å². The molecule has 1 amide bonds. The maximum absolute atomic E-state index is 13.4. The fourth-order valence-corrected chi connectivity index (χ4v) is 1.93. The Kier molecular flexibility index (Phi) is 4.03. The molecule has 0 saturated carbocycles. The van der Waals surface area contributed by atoms with Crippen LogP contribution in [0.2, 0.25) is 0 Å². The van der Waals surface area contributed by atoms with Crippen molar-refractivity contribution in [1.29, 1.82) is 0 Å². The summed E-state index contributed by atoms with van der Waals surface area (Å²) in [7, 11) is 3.32. The summed E-state index contributed by atoms with van der Waals surface area (Å²) in [6.07, 6.45) is 0. The summed E-state index contributed by atoms with van der Waals surface area (Å²) in [6, 6.07) is 10.6. The molecule has 4 nitrogen and oxygen atoms in total. The van der Waals surface area contributed by atoms with E-state index in [4.69, 9.17) is 5.11 Å². The maximum atomic E-state index is 13.4. The third-order valence-electron chi connectivity index (χ3n) is 3.07. The number of carboxylic acid groups (broad SMARTS) is 1. The molecule has 0 aliphatic rings. The molecule has 0 unspecified atom stereocenters. The second kappa shape index (κ2) is 5.75. The van der Waals surface area contributed by atoms with E-state index in [1.54, 1.807) is 38.4 Å². The molecule has 2 aromatic rings. The van der Waals surface area contributed by atoms with Gasteiger partial charge in [0.2, 0.25) is 0 Å². The van der Waals surface area contributed by atoms with Gasteiger partial charge in [0.1, 0.15) is 5.82 Å². The highest BCUT2D eigenvalue weighted by Crippen LogP contribution is 2.23. The number of carbonyl (C=O) groups is 2. The average Bonchev–Trinajstić information content (AvgIpc) is 2.46. The Bertz CT molecular complexity index is 693. The van der Waals surface area contributed by atoms with E-state index in [2.05, 4.69) is 0 Å². The molecule has 1 N–H and O–H groups in total. The molecule has 0 saturated heterocycles. The van der Waals surface area contributed by atoms with Crippen LogP contribution < -0.4 is 0 Å². The molecular formula is C16H14FNO3. The number of benzene rings is 2. The number of hydrogen-bond acceptors (Lipinski definition) is 2. The zero-order valence-electron chi connectivity index (χ0n) is 11.6. The number of halogens is 1.